The minimum Gasteiger partial charge on any atom is -0.494 e. The van der Waals surface area contributed by atoms with Gasteiger partial charge in [0.1, 0.15) is 17.8 Å². The molecule has 1 aromatic carbocycles. The minimum absolute atomic E-state index is 0.0437. The monoisotopic (exact) mass is 495 g/mol. The molecule has 0 spiro atoms. The maximum absolute atomic E-state index is 12.6. The highest BCUT2D eigenvalue weighted by Crippen LogP contribution is 2.19. The highest BCUT2D eigenvalue weighted by Gasteiger charge is 2.24. The second-order valence-corrected chi connectivity index (χ2v) is 7.22. The lowest BCUT2D eigenvalue weighted by Crippen LogP contribution is -2.34. The molecule has 0 unspecified atom stereocenters. The lowest BCUT2D eigenvalue weighted by atomic mass is 10.2. The minimum atomic E-state index is -1.54. The van der Waals surface area contributed by atoms with Crippen molar-refractivity contribution >= 4 is 17.5 Å². The first-order valence-corrected chi connectivity index (χ1v) is 11.0. The average molecular weight is 496 g/mol. The van der Waals surface area contributed by atoms with Crippen LogP contribution in [0.4, 0.5) is 18.9 Å². The number of benzene rings is 1. The number of anilines is 1. The Kier molecular flexibility index (Phi) is 12.7. The van der Waals surface area contributed by atoms with Gasteiger partial charge < -0.3 is 21.1 Å². The molecule has 192 valence electrons. The molecule has 1 aliphatic carbocycles. The van der Waals surface area contributed by atoms with Crippen LogP contribution in [0.5, 0.6) is 0 Å². The van der Waals surface area contributed by atoms with Crippen LogP contribution < -0.4 is 27.2 Å². The number of carbonyl (C=O) groups excluding carboxylic acids is 2. The Bertz CT molecular complexity index is 971. The fraction of sp³-hybridized carbons (Fsp3) is 0.333. The molecule has 11 heteroatoms. The van der Waals surface area contributed by atoms with E-state index in [-0.39, 0.29) is 29.3 Å². The first-order chi connectivity index (χ1) is 16.7. The number of nitrogens with zero attached hydrogens (tertiary/aromatic N) is 1. The van der Waals surface area contributed by atoms with E-state index >= 15 is 0 Å². The molecule has 0 aliphatic heterocycles. The molecular weight excluding hydrogens is 463 g/mol. The molecule has 1 aliphatic rings. The molecule has 2 amide bonds. The number of allylic oxidation sites excluding steroid dienone is 4. The lowest BCUT2D eigenvalue weighted by Gasteiger charge is -2.15. The number of ether oxygens (including phenoxy) is 1. The first kappa shape index (κ1) is 29.3. The Balaban J connectivity index is 0.000000405. The van der Waals surface area contributed by atoms with Crippen molar-refractivity contribution in [1.82, 2.24) is 10.6 Å². The zero-order valence-corrected chi connectivity index (χ0v) is 20.0. The maximum Gasteiger partial charge on any atom is 0.268 e. The van der Waals surface area contributed by atoms with E-state index < -0.39 is 18.0 Å². The summed E-state index contributed by atoms with van der Waals surface area (Å²) >= 11 is 0. The summed E-state index contributed by atoms with van der Waals surface area (Å²) in [5.41, 5.74) is 6.92. The molecule has 8 nitrogen and oxygen atoms in total. The van der Waals surface area contributed by atoms with E-state index in [9.17, 15) is 22.8 Å². The quantitative estimate of drug-likeness (QED) is 0.129. The molecule has 0 heterocycles. The Morgan fingerprint density at radius 3 is 2.29 bits per heavy atom. The van der Waals surface area contributed by atoms with Crippen molar-refractivity contribution in [1.29, 1.82) is 0 Å². The summed E-state index contributed by atoms with van der Waals surface area (Å²) in [6.45, 7) is 6.07. The topological polar surface area (TPSA) is 123 Å². The first-order valence-electron chi connectivity index (χ1n) is 11.0. The summed E-state index contributed by atoms with van der Waals surface area (Å²) in [5, 5.41) is 6.75. The SMILES string of the molecule is CCNC(=O)c1ccc(N(N)/C=C(\N)C(=O)NC2CC2)cc1.C\C=C(/C=C(F)\C(F)=C\F)OCC. The molecular formula is C24H32F3N5O3. The van der Waals surface area contributed by atoms with E-state index in [4.69, 9.17) is 16.3 Å². The van der Waals surface area contributed by atoms with Crippen molar-refractivity contribution in [2.45, 2.75) is 39.7 Å². The van der Waals surface area contributed by atoms with Crippen molar-refractivity contribution in [2.24, 2.45) is 11.6 Å². The molecule has 0 aromatic heterocycles. The zero-order valence-electron chi connectivity index (χ0n) is 20.0. The number of hydrogen-bond donors (Lipinski definition) is 4. The Labute approximate surface area is 203 Å². The van der Waals surface area contributed by atoms with Crippen LogP contribution in [-0.4, -0.2) is 31.0 Å². The molecule has 2 rings (SSSR count). The molecule has 1 aromatic rings. The van der Waals surface area contributed by atoms with Crippen LogP contribution in [0.2, 0.25) is 0 Å². The molecule has 0 saturated heterocycles. The molecule has 0 atom stereocenters. The standard InChI is InChI=1S/C15H21N5O2.C9H11F3O/c1-2-18-14(21)10-3-7-12(8-4-10)20(17)9-13(16)15(22)19-11-5-6-11;1-3-7(13-4-2)5-8(11)9(12)6-10/h3-4,7-9,11H,2,5-6,16-17H2,1H3,(H,18,21)(H,19,22);3,5-6H,4H2,1-2H3/b13-9-;7-3+,8-5+,9-6-. The summed E-state index contributed by atoms with van der Waals surface area (Å²) in [4.78, 5) is 23.4. The van der Waals surface area contributed by atoms with Crippen molar-refractivity contribution in [3.63, 3.8) is 0 Å². The van der Waals surface area contributed by atoms with Gasteiger partial charge in [0.15, 0.2) is 11.7 Å². The van der Waals surface area contributed by atoms with Gasteiger partial charge in [0, 0.05) is 30.4 Å². The number of amides is 2. The Hall–Kier alpha value is -3.73. The van der Waals surface area contributed by atoms with Crippen molar-refractivity contribution in [3.05, 3.63) is 77.6 Å². The van der Waals surface area contributed by atoms with Crippen molar-refractivity contribution < 1.29 is 27.5 Å². The number of hydrogen-bond acceptors (Lipinski definition) is 6. The van der Waals surface area contributed by atoms with Gasteiger partial charge in [0.25, 0.3) is 11.8 Å². The smallest absolute Gasteiger partial charge is 0.268 e. The van der Waals surface area contributed by atoms with Gasteiger partial charge in [-0.25, -0.2) is 19.0 Å². The molecule has 6 N–H and O–H groups in total. The van der Waals surface area contributed by atoms with Gasteiger partial charge in [-0.15, -0.1) is 0 Å². The van der Waals surface area contributed by atoms with Crippen molar-refractivity contribution in [3.8, 4) is 0 Å². The van der Waals surface area contributed by atoms with Crippen LogP contribution in [-0.2, 0) is 9.53 Å². The van der Waals surface area contributed by atoms with Crippen molar-refractivity contribution in [2.75, 3.05) is 18.2 Å². The summed E-state index contributed by atoms with van der Waals surface area (Å²) < 4.78 is 41.2. The Morgan fingerprint density at radius 1 is 1.17 bits per heavy atom. The van der Waals surface area contributed by atoms with E-state index in [1.54, 1.807) is 38.1 Å². The summed E-state index contributed by atoms with van der Waals surface area (Å²) in [6.07, 6.45) is 5.15. The van der Waals surface area contributed by atoms with E-state index in [2.05, 4.69) is 10.6 Å². The van der Waals surface area contributed by atoms with Crippen LogP contribution in [0.15, 0.2) is 72.1 Å². The zero-order chi connectivity index (χ0) is 26.4. The van der Waals surface area contributed by atoms with Crippen LogP contribution in [0.25, 0.3) is 0 Å². The second-order valence-electron chi connectivity index (χ2n) is 7.22. The highest BCUT2D eigenvalue weighted by atomic mass is 19.2. The van der Waals surface area contributed by atoms with Gasteiger partial charge in [-0.05, 0) is 64.0 Å². The van der Waals surface area contributed by atoms with Crippen LogP contribution in [0.1, 0.15) is 44.0 Å². The van der Waals surface area contributed by atoms with Gasteiger partial charge in [-0.1, -0.05) is 0 Å². The normalized spacial score (nSPS) is 14.5. The lowest BCUT2D eigenvalue weighted by molar-refractivity contribution is -0.117. The largest absolute Gasteiger partial charge is 0.494 e. The Morgan fingerprint density at radius 2 is 1.80 bits per heavy atom. The molecule has 1 saturated carbocycles. The van der Waals surface area contributed by atoms with Crippen LogP contribution in [0.3, 0.4) is 0 Å². The van der Waals surface area contributed by atoms with Gasteiger partial charge >= 0.3 is 0 Å². The third-order valence-corrected chi connectivity index (χ3v) is 4.41. The third-order valence-electron chi connectivity index (χ3n) is 4.41. The number of carbonyl (C=O) groups is 2. The number of halogens is 3. The second kappa shape index (κ2) is 15.2. The summed E-state index contributed by atoms with van der Waals surface area (Å²) in [7, 11) is 0. The maximum atomic E-state index is 12.6. The highest BCUT2D eigenvalue weighted by molar-refractivity contribution is 5.95. The van der Waals surface area contributed by atoms with E-state index in [1.807, 2.05) is 6.92 Å². The van der Waals surface area contributed by atoms with Crippen LogP contribution >= 0.6 is 0 Å². The third kappa shape index (κ3) is 10.8. The average Bonchev–Trinajstić information content (AvgIpc) is 3.67. The predicted octanol–water partition coefficient (Wildman–Crippen LogP) is 3.76. The summed E-state index contributed by atoms with van der Waals surface area (Å²) in [5.74, 6) is 2.73. The van der Waals surface area contributed by atoms with E-state index in [1.165, 1.54) is 17.3 Å². The number of rotatable bonds is 10. The van der Waals surface area contributed by atoms with Crippen LogP contribution in [0, 0.1) is 0 Å². The molecule has 0 radical (unpaired) electrons. The fourth-order valence-corrected chi connectivity index (χ4v) is 2.45. The summed E-state index contributed by atoms with van der Waals surface area (Å²) in [6, 6.07) is 6.94. The number of nitrogens with two attached hydrogens (primary N) is 2. The fourth-order valence-electron chi connectivity index (χ4n) is 2.45. The molecule has 0 bridgehead atoms. The predicted molar refractivity (Wildman–Crippen MR) is 129 cm³/mol. The van der Waals surface area contributed by atoms with Gasteiger partial charge in [0.2, 0.25) is 0 Å². The van der Waals surface area contributed by atoms with E-state index in [0.717, 1.165) is 18.9 Å². The van der Waals surface area contributed by atoms with Gasteiger partial charge in [-0.2, -0.15) is 0 Å². The number of nitrogens with one attached hydrogen (secondary N) is 2. The van der Waals surface area contributed by atoms with E-state index in [0.29, 0.717) is 24.4 Å². The molecule has 1 fully saturated rings. The number of hydrazine groups is 1. The molecule has 35 heavy (non-hydrogen) atoms. The van der Waals surface area contributed by atoms with Gasteiger partial charge in [-0.3, -0.25) is 14.6 Å². The van der Waals surface area contributed by atoms with Gasteiger partial charge in [0.05, 0.1) is 12.3 Å².